The molecule has 0 saturated carbocycles. The van der Waals surface area contributed by atoms with Crippen LogP contribution in [0, 0.1) is 10.1 Å². The van der Waals surface area contributed by atoms with Crippen molar-refractivity contribution < 1.29 is 9.72 Å². The van der Waals surface area contributed by atoms with Crippen LogP contribution >= 0.6 is 12.2 Å². The number of nitro benzene ring substituents is 1. The monoisotopic (exact) mass is 434 g/mol. The van der Waals surface area contributed by atoms with Gasteiger partial charge in [0.15, 0.2) is 5.11 Å². The molecule has 31 heavy (non-hydrogen) atoms. The van der Waals surface area contributed by atoms with Gasteiger partial charge in [-0.05, 0) is 41.9 Å². The van der Waals surface area contributed by atoms with Crippen LogP contribution in [0.3, 0.4) is 0 Å². The number of carbonyl (C=O) groups is 1. The third-order valence-corrected chi connectivity index (χ3v) is 4.90. The molecular weight excluding hydrogens is 412 g/mol. The van der Waals surface area contributed by atoms with Crippen molar-refractivity contribution in [1.82, 2.24) is 5.32 Å². The minimum atomic E-state index is -0.797. The molecule has 0 spiro atoms. The number of nitro groups is 1. The molecule has 0 radical (unpaired) electrons. The summed E-state index contributed by atoms with van der Waals surface area (Å²) >= 11 is 5.37. The molecule has 0 aliphatic heterocycles. The van der Waals surface area contributed by atoms with E-state index in [1.54, 1.807) is 18.2 Å². The first-order valence-electron chi connectivity index (χ1n) is 9.74. The minimum absolute atomic E-state index is 0.0991. The van der Waals surface area contributed by atoms with E-state index in [0.29, 0.717) is 5.56 Å². The van der Waals surface area contributed by atoms with Gasteiger partial charge in [-0.3, -0.25) is 14.9 Å². The molecule has 8 heteroatoms. The average Bonchev–Trinajstić information content (AvgIpc) is 2.78. The number of thiocarbonyl (C=S) groups is 1. The van der Waals surface area contributed by atoms with Crippen LogP contribution in [-0.4, -0.2) is 15.9 Å². The second kappa shape index (κ2) is 10.3. The Morgan fingerprint density at radius 3 is 2.23 bits per heavy atom. The van der Waals surface area contributed by atoms with Gasteiger partial charge in [0.05, 0.1) is 4.92 Å². The minimum Gasteiger partial charge on any atom is -0.347 e. The van der Waals surface area contributed by atoms with E-state index >= 15 is 0 Å². The largest absolute Gasteiger partial charge is 0.347 e. The Morgan fingerprint density at radius 2 is 1.55 bits per heavy atom. The maximum Gasteiger partial charge on any atom is 0.292 e. The molecule has 0 heterocycles. The first kappa shape index (κ1) is 21.9. The van der Waals surface area contributed by atoms with Crippen LogP contribution in [-0.2, 0) is 11.2 Å². The highest BCUT2D eigenvalue weighted by molar-refractivity contribution is 7.80. The van der Waals surface area contributed by atoms with Gasteiger partial charge in [-0.1, -0.05) is 67.6 Å². The van der Waals surface area contributed by atoms with Gasteiger partial charge in [0.1, 0.15) is 11.7 Å². The summed E-state index contributed by atoms with van der Waals surface area (Å²) in [4.78, 5) is 23.9. The van der Waals surface area contributed by atoms with Crippen LogP contribution in [0.5, 0.6) is 0 Å². The van der Waals surface area contributed by atoms with Crippen molar-refractivity contribution in [2.75, 3.05) is 10.6 Å². The maximum absolute atomic E-state index is 13.2. The molecule has 1 unspecified atom stereocenters. The number of nitrogens with one attached hydrogen (secondary N) is 3. The molecule has 3 aromatic carbocycles. The zero-order valence-electron chi connectivity index (χ0n) is 16.9. The summed E-state index contributed by atoms with van der Waals surface area (Å²) in [7, 11) is 0. The summed E-state index contributed by atoms with van der Waals surface area (Å²) in [6, 6.07) is 22.1. The number of aryl methyl sites for hydroxylation is 1. The molecule has 0 saturated heterocycles. The quantitative estimate of drug-likeness (QED) is 0.280. The molecule has 0 bridgehead atoms. The van der Waals surface area contributed by atoms with Gasteiger partial charge < -0.3 is 16.0 Å². The number of nitrogens with zero attached hydrogens (tertiary/aromatic N) is 1. The summed E-state index contributed by atoms with van der Waals surface area (Å²) in [5.41, 5.74) is 2.59. The lowest BCUT2D eigenvalue weighted by Gasteiger charge is -2.21. The molecule has 3 aromatic rings. The van der Waals surface area contributed by atoms with Crippen molar-refractivity contribution in [2.45, 2.75) is 19.4 Å². The van der Waals surface area contributed by atoms with Gasteiger partial charge >= 0.3 is 0 Å². The number of para-hydroxylation sites is 3. The first-order chi connectivity index (χ1) is 15.0. The Hall–Kier alpha value is -3.78. The summed E-state index contributed by atoms with van der Waals surface area (Å²) in [5.74, 6) is -0.293. The second-order valence-corrected chi connectivity index (χ2v) is 7.12. The molecule has 0 fully saturated rings. The average molecular weight is 435 g/mol. The number of carbonyl (C=O) groups excluding carboxylic acids is 1. The van der Waals surface area contributed by atoms with Crippen molar-refractivity contribution in [3.63, 3.8) is 0 Å². The van der Waals surface area contributed by atoms with E-state index in [0.717, 1.165) is 17.7 Å². The Kier molecular flexibility index (Phi) is 7.29. The summed E-state index contributed by atoms with van der Waals surface area (Å²) < 4.78 is 0. The predicted octanol–water partition coefficient (Wildman–Crippen LogP) is 4.82. The maximum atomic E-state index is 13.2. The lowest BCUT2D eigenvalue weighted by Crippen LogP contribution is -2.39. The van der Waals surface area contributed by atoms with Crippen LogP contribution < -0.4 is 16.0 Å². The Labute approximate surface area is 185 Å². The smallest absolute Gasteiger partial charge is 0.292 e. The molecular formula is C23H22N4O3S. The summed E-state index contributed by atoms with van der Waals surface area (Å²) in [6.07, 6.45) is 0.775. The highest BCUT2D eigenvalue weighted by Crippen LogP contribution is 2.24. The zero-order chi connectivity index (χ0) is 22.2. The predicted molar refractivity (Wildman–Crippen MR) is 126 cm³/mol. The fraction of sp³-hybridized carbons (Fsp3) is 0.130. The SMILES string of the molecule is CCc1ccccc1NC(=O)C(NC(=S)Nc1ccccc1[N+](=O)[O-])c1ccccc1. The first-order valence-corrected chi connectivity index (χ1v) is 10.1. The third kappa shape index (κ3) is 5.64. The number of benzene rings is 3. The number of anilines is 2. The molecule has 158 valence electrons. The van der Waals surface area contributed by atoms with Crippen molar-refractivity contribution in [3.8, 4) is 0 Å². The molecule has 1 atom stereocenters. The zero-order valence-corrected chi connectivity index (χ0v) is 17.7. The molecule has 7 nitrogen and oxygen atoms in total. The Balaban J connectivity index is 1.82. The van der Waals surface area contributed by atoms with Gasteiger partial charge in [0.25, 0.3) is 11.6 Å². The number of rotatable bonds is 7. The van der Waals surface area contributed by atoms with Gasteiger partial charge in [0, 0.05) is 11.8 Å². The van der Waals surface area contributed by atoms with Crippen molar-refractivity contribution in [1.29, 1.82) is 0 Å². The lowest BCUT2D eigenvalue weighted by atomic mass is 10.1. The van der Waals surface area contributed by atoms with Gasteiger partial charge in [0.2, 0.25) is 0 Å². The molecule has 0 aromatic heterocycles. The third-order valence-electron chi connectivity index (χ3n) is 4.68. The fourth-order valence-electron chi connectivity index (χ4n) is 3.13. The Morgan fingerprint density at radius 1 is 0.935 bits per heavy atom. The van der Waals surface area contributed by atoms with E-state index < -0.39 is 11.0 Å². The van der Waals surface area contributed by atoms with Crippen LogP contribution in [0.4, 0.5) is 17.1 Å². The highest BCUT2D eigenvalue weighted by atomic mass is 32.1. The van der Waals surface area contributed by atoms with Gasteiger partial charge in [-0.25, -0.2) is 0 Å². The van der Waals surface area contributed by atoms with E-state index in [1.165, 1.54) is 6.07 Å². The van der Waals surface area contributed by atoms with E-state index in [2.05, 4.69) is 16.0 Å². The van der Waals surface area contributed by atoms with E-state index in [-0.39, 0.29) is 22.4 Å². The standard InChI is InChI=1S/C23H22N4O3S/c1-2-16-10-6-7-13-18(16)24-22(28)21(17-11-4-3-5-12-17)26-23(31)25-19-14-8-9-15-20(19)27(29)30/h3-15,21H,2H2,1H3,(H,24,28)(H2,25,26,31). The van der Waals surface area contributed by atoms with E-state index in [1.807, 2.05) is 61.5 Å². The molecule has 0 aliphatic rings. The van der Waals surface area contributed by atoms with Crippen LogP contribution in [0.25, 0.3) is 0 Å². The highest BCUT2D eigenvalue weighted by Gasteiger charge is 2.23. The Bertz CT molecular complexity index is 1090. The normalized spacial score (nSPS) is 11.3. The molecule has 3 N–H and O–H groups in total. The van der Waals surface area contributed by atoms with Gasteiger partial charge in [-0.15, -0.1) is 0 Å². The number of amides is 1. The van der Waals surface area contributed by atoms with Gasteiger partial charge in [-0.2, -0.15) is 0 Å². The van der Waals surface area contributed by atoms with E-state index in [4.69, 9.17) is 12.2 Å². The summed E-state index contributed by atoms with van der Waals surface area (Å²) in [5, 5.41) is 20.1. The topological polar surface area (TPSA) is 96.3 Å². The van der Waals surface area contributed by atoms with Crippen LogP contribution in [0.15, 0.2) is 78.9 Å². The van der Waals surface area contributed by atoms with Crippen molar-refractivity contribution in [3.05, 3.63) is 100 Å². The molecule has 1 amide bonds. The molecule has 0 aliphatic carbocycles. The van der Waals surface area contributed by atoms with Crippen molar-refractivity contribution >= 4 is 40.3 Å². The van der Waals surface area contributed by atoms with Crippen molar-refractivity contribution in [2.24, 2.45) is 0 Å². The second-order valence-electron chi connectivity index (χ2n) is 6.72. The number of hydrogen-bond donors (Lipinski definition) is 3. The van der Waals surface area contributed by atoms with Crippen LogP contribution in [0.2, 0.25) is 0 Å². The summed E-state index contributed by atoms with van der Waals surface area (Å²) in [6.45, 7) is 2.02. The fourth-order valence-corrected chi connectivity index (χ4v) is 3.36. The lowest BCUT2D eigenvalue weighted by molar-refractivity contribution is -0.383. The molecule has 3 rings (SSSR count). The van der Waals surface area contributed by atoms with E-state index in [9.17, 15) is 14.9 Å². The van der Waals surface area contributed by atoms with Crippen LogP contribution in [0.1, 0.15) is 24.1 Å². The number of hydrogen-bond acceptors (Lipinski definition) is 4.